The Morgan fingerprint density at radius 2 is 2.12 bits per heavy atom. The van der Waals surface area contributed by atoms with Crippen molar-refractivity contribution in [2.24, 2.45) is 5.73 Å². The smallest absolute Gasteiger partial charge is 0.0563 e. The van der Waals surface area contributed by atoms with Crippen molar-refractivity contribution in [2.75, 3.05) is 6.54 Å². The zero-order chi connectivity index (χ0) is 12.3. The largest absolute Gasteiger partial charge is 0.329 e. The van der Waals surface area contributed by atoms with E-state index in [1.165, 1.54) is 10.4 Å². The van der Waals surface area contributed by atoms with Crippen molar-refractivity contribution in [3.63, 3.8) is 0 Å². The fourth-order valence-electron chi connectivity index (χ4n) is 1.62. The summed E-state index contributed by atoms with van der Waals surface area (Å²) in [4.78, 5) is 2.44. The number of nitrogens with two attached hydrogens (primary N) is 1. The predicted octanol–water partition coefficient (Wildman–Crippen LogP) is 4.50. The molecule has 0 fully saturated rings. The van der Waals surface area contributed by atoms with E-state index in [1.54, 1.807) is 23.1 Å². The highest BCUT2D eigenvalue weighted by Gasteiger charge is 2.16. The van der Waals surface area contributed by atoms with Crippen molar-refractivity contribution in [1.82, 2.24) is 0 Å². The predicted molar refractivity (Wildman–Crippen MR) is 78.2 cm³/mol. The van der Waals surface area contributed by atoms with Gasteiger partial charge in [-0.1, -0.05) is 23.7 Å². The van der Waals surface area contributed by atoms with E-state index in [4.69, 9.17) is 17.3 Å². The first-order chi connectivity index (χ1) is 8.22. The van der Waals surface area contributed by atoms with E-state index in [0.717, 1.165) is 9.92 Å². The highest BCUT2D eigenvalue weighted by atomic mass is 35.5. The fraction of sp³-hybridized carbons (Fsp3) is 0.231. The normalized spacial score (nSPS) is 12.6. The maximum absolute atomic E-state index is 6.17. The Bertz CT molecular complexity index is 496. The number of rotatable bonds is 4. The van der Waals surface area contributed by atoms with E-state index in [2.05, 4.69) is 18.4 Å². The Hall–Kier alpha value is -0.480. The minimum atomic E-state index is 0.287. The second-order valence-corrected chi connectivity index (χ2v) is 6.34. The van der Waals surface area contributed by atoms with Crippen LogP contribution in [0.1, 0.15) is 15.7 Å². The Morgan fingerprint density at radius 1 is 1.35 bits per heavy atom. The molecule has 0 saturated heterocycles. The molecule has 1 nitrogen and oxygen atoms in total. The van der Waals surface area contributed by atoms with E-state index in [0.29, 0.717) is 6.54 Å². The average Bonchev–Trinajstić information content (AvgIpc) is 2.75. The summed E-state index contributed by atoms with van der Waals surface area (Å²) in [6, 6.07) is 10.0. The molecule has 2 rings (SSSR count). The lowest BCUT2D eigenvalue weighted by molar-refractivity contribution is 0.952. The number of hydrogen-bond donors (Lipinski definition) is 1. The molecule has 1 atom stereocenters. The second kappa shape index (κ2) is 5.91. The Morgan fingerprint density at radius 3 is 2.71 bits per heavy atom. The van der Waals surface area contributed by atoms with Gasteiger partial charge in [-0.15, -0.1) is 23.1 Å². The number of thiophene rings is 1. The molecule has 2 N–H and O–H groups in total. The van der Waals surface area contributed by atoms with Gasteiger partial charge in [-0.25, -0.2) is 0 Å². The number of thioether (sulfide) groups is 1. The van der Waals surface area contributed by atoms with Gasteiger partial charge < -0.3 is 5.73 Å². The Balaban J connectivity index is 2.22. The Labute approximate surface area is 115 Å². The number of hydrogen-bond acceptors (Lipinski definition) is 3. The highest BCUT2D eigenvalue weighted by Crippen LogP contribution is 2.40. The molecule has 1 aromatic heterocycles. The van der Waals surface area contributed by atoms with Crippen molar-refractivity contribution in [2.45, 2.75) is 17.1 Å². The summed E-state index contributed by atoms with van der Waals surface area (Å²) in [7, 11) is 0. The molecule has 0 radical (unpaired) electrons. The van der Waals surface area contributed by atoms with Crippen molar-refractivity contribution in [3.05, 3.63) is 51.2 Å². The van der Waals surface area contributed by atoms with Crippen LogP contribution in [0.2, 0.25) is 5.02 Å². The molecule has 0 saturated carbocycles. The van der Waals surface area contributed by atoms with Crippen LogP contribution in [-0.2, 0) is 0 Å². The van der Waals surface area contributed by atoms with Gasteiger partial charge in [-0.3, -0.25) is 0 Å². The highest BCUT2D eigenvalue weighted by molar-refractivity contribution is 7.99. The van der Waals surface area contributed by atoms with Gasteiger partial charge in [0.25, 0.3) is 0 Å². The molecule has 0 aliphatic rings. The fourth-order valence-corrected chi connectivity index (χ4v) is 4.15. The molecule has 1 unspecified atom stereocenters. The van der Waals surface area contributed by atoms with E-state index < -0.39 is 0 Å². The van der Waals surface area contributed by atoms with Gasteiger partial charge in [-0.2, -0.15) is 0 Å². The van der Waals surface area contributed by atoms with Crippen LogP contribution in [0.15, 0.2) is 40.6 Å². The molecule has 0 spiro atoms. The van der Waals surface area contributed by atoms with E-state index in [-0.39, 0.29) is 5.25 Å². The van der Waals surface area contributed by atoms with Crippen molar-refractivity contribution in [3.8, 4) is 0 Å². The van der Waals surface area contributed by atoms with Gasteiger partial charge in [0.05, 0.1) is 10.3 Å². The molecular weight excluding hydrogens is 270 g/mol. The maximum Gasteiger partial charge on any atom is 0.0563 e. The molecule has 4 heteroatoms. The minimum Gasteiger partial charge on any atom is -0.329 e. The lowest BCUT2D eigenvalue weighted by atomic mass is 10.2. The average molecular weight is 284 g/mol. The summed E-state index contributed by atoms with van der Waals surface area (Å²) in [5.74, 6) is 0. The van der Waals surface area contributed by atoms with Crippen LogP contribution < -0.4 is 5.73 Å². The first-order valence-corrected chi connectivity index (χ1v) is 7.51. The molecule has 1 aromatic carbocycles. The quantitative estimate of drug-likeness (QED) is 0.836. The molecular formula is C13H14ClNS2. The Kier molecular flexibility index (Phi) is 4.51. The third-order valence-electron chi connectivity index (χ3n) is 2.51. The van der Waals surface area contributed by atoms with Crippen molar-refractivity contribution < 1.29 is 0 Å². The van der Waals surface area contributed by atoms with E-state index in [1.807, 2.05) is 24.3 Å². The molecule has 17 heavy (non-hydrogen) atoms. The van der Waals surface area contributed by atoms with Crippen LogP contribution in [0.25, 0.3) is 0 Å². The monoisotopic (exact) mass is 283 g/mol. The lowest BCUT2D eigenvalue weighted by Gasteiger charge is -2.14. The van der Waals surface area contributed by atoms with E-state index in [9.17, 15) is 0 Å². The van der Waals surface area contributed by atoms with Gasteiger partial charge >= 0.3 is 0 Å². The minimum absolute atomic E-state index is 0.287. The van der Waals surface area contributed by atoms with Gasteiger partial charge in [0.1, 0.15) is 0 Å². The zero-order valence-corrected chi connectivity index (χ0v) is 11.9. The van der Waals surface area contributed by atoms with Gasteiger partial charge in [-0.05, 0) is 36.1 Å². The molecule has 0 bridgehead atoms. The zero-order valence-electron chi connectivity index (χ0n) is 9.52. The van der Waals surface area contributed by atoms with Crippen LogP contribution >= 0.6 is 34.7 Å². The number of halogens is 1. The third kappa shape index (κ3) is 3.05. The molecule has 2 aromatic rings. The summed E-state index contributed by atoms with van der Waals surface area (Å²) in [5, 5.41) is 3.19. The molecule has 1 heterocycles. The summed E-state index contributed by atoms with van der Waals surface area (Å²) in [6.07, 6.45) is 0. The van der Waals surface area contributed by atoms with Gasteiger partial charge in [0.2, 0.25) is 0 Å². The van der Waals surface area contributed by atoms with Crippen LogP contribution in [0.4, 0.5) is 0 Å². The second-order valence-electron chi connectivity index (χ2n) is 3.74. The summed E-state index contributed by atoms with van der Waals surface area (Å²) in [6.45, 7) is 2.75. The van der Waals surface area contributed by atoms with Crippen molar-refractivity contribution >= 4 is 34.7 Å². The van der Waals surface area contributed by atoms with Crippen LogP contribution in [0, 0.1) is 6.92 Å². The lowest BCUT2D eigenvalue weighted by Crippen LogP contribution is -2.08. The van der Waals surface area contributed by atoms with Gasteiger partial charge in [0.15, 0.2) is 0 Å². The maximum atomic E-state index is 6.17. The summed E-state index contributed by atoms with van der Waals surface area (Å²) >= 11 is 9.67. The first kappa shape index (κ1) is 13.0. The van der Waals surface area contributed by atoms with Gasteiger partial charge in [0, 0.05) is 16.3 Å². The van der Waals surface area contributed by atoms with Crippen LogP contribution in [-0.4, -0.2) is 6.54 Å². The number of benzene rings is 1. The SMILES string of the molecule is Cc1ccsc1C(CN)Sc1ccccc1Cl. The molecule has 0 aliphatic carbocycles. The summed E-state index contributed by atoms with van der Waals surface area (Å²) in [5.41, 5.74) is 7.18. The standard InChI is InChI=1S/C13H14ClNS2/c1-9-6-7-16-13(9)12(8-15)17-11-5-3-2-4-10(11)14/h2-7,12H,8,15H2,1H3. The third-order valence-corrected chi connectivity index (χ3v) is 5.56. The molecule has 0 aliphatic heterocycles. The first-order valence-electron chi connectivity index (χ1n) is 5.37. The van der Waals surface area contributed by atoms with E-state index >= 15 is 0 Å². The topological polar surface area (TPSA) is 26.0 Å². The van der Waals surface area contributed by atoms with Crippen LogP contribution in [0.3, 0.4) is 0 Å². The molecule has 90 valence electrons. The summed E-state index contributed by atoms with van der Waals surface area (Å²) < 4.78 is 0. The van der Waals surface area contributed by atoms with Crippen LogP contribution in [0.5, 0.6) is 0 Å². The molecule has 0 amide bonds. The number of aryl methyl sites for hydroxylation is 1. The van der Waals surface area contributed by atoms with Crippen molar-refractivity contribution in [1.29, 1.82) is 0 Å².